The number of allylic oxidation sites excluding steroid dienone is 1. The highest BCUT2D eigenvalue weighted by molar-refractivity contribution is 5.91. The molecule has 4 N–H and O–H groups in total. The molecule has 0 rings (SSSR count). The van der Waals surface area contributed by atoms with Crippen molar-refractivity contribution in [3.8, 4) is 0 Å². The van der Waals surface area contributed by atoms with Gasteiger partial charge in [-0.05, 0) is 13.8 Å². The lowest BCUT2D eigenvalue weighted by Crippen LogP contribution is -2.10. The highest BCUT2D eigenvalue weighted by Gasteiger charge is 1.90. The van der Waals surface area contributed by atoms with Crippen molar-refractivity contribution in [3.63, 3.8) is 0 Å². The number of aliphatic hydroxyl groups excluding tert-OH is 2. The summed E-state index contributed by atoms with van der Waals surface area (Å²) in [5.41, 5.74) is 5.45. The van der Waals surface area contributed by atoms with Crippen molar-refractivity contribution < 1.29 is 15.0 Å². The van der Waals surface area contributed by atoms with Crippen LogP contribution in [0.2, 0.25) is 0 Å². The molecule has 4 heteroatoms. The summed E-state index contributed by atoms with van der Waals surface area (Å²) >= 11 is 0. The van der Waals surface area contributed by atoms with Crippen LogP contribution in [0.4, 0.5) is 0 Å². The maximum atomic E-state index is 10.1. The van der Waals surface area contributed by atoms with Gasteiger partial charge in [0.1, 0.15) is 0 Å². The van der Waals surface area contributed by atoms with Crippen LogP contribution in [-0.4, -0.2) is 29.3 Å². The number of amides is 1. The van der Waals surface area contributed by atoms with Crippen LogP contribution in [0.15, 0.2) is 11.6 Å². The summed E-state index contributed by atoms with van der Waals surface area (Å²) in [6.45, 7) is 3.21. The van der Waals surface area contributed by atoms with Crippen LogP contribution in [0, 0.1) is 0 Å². The number of carbonyl (C=O) groups is 1. The fourth-order valence-corrected chi connectivity index (χ4v) is 0.142. The second-order valence-electron chi connectivity index (χ2n) is 1.78. The van der Waals surface area contributed by atoms with Crippen LogP contribution in [0.1, 0.15) is 13.8 Å². The van der Waals surface area contributed by atoms with E-state index in [2.05, 4.69) is 0 Å². The third-order valence-corrected chi connectivity index (χ3v) is 0.922. The van der Waals surface area contributed by atoms with Gasteiger partial charge in [0.2, 0.25) is 5.91 Å². The van der Waals surface area contributed by atoms with Gasteiger partial charge in [-0.1, -0.05) is 6.08 Å². The summed E-state index contributed by atoms with van der Waals surface area (Å²) in [5, 5.41) is 15.2. The molecule has 0 atom stereocenters. The molecule has 0 fully saturated rings. The third kappa shape index (κ3) is 12.4. The molecular weight excluding hydrogens is 146 g/mol. The summed E-state index contributed by atoms with van der Waals surface area (Å²) in [5.74, 6) is -0.345. The summed E-state index contributed by atoms with van der Waals surface area (Å²) in [4.78, 5) is 10.1. The molecule has 0 heterocycles. The molecule has 0 aliphatic carbocycles. The quantitative estimate of drug-likeness (QED) is 0.473. The van der Waals surface area contributed by atoms with E-state index in [1.165, 1.54) is 0 Å². The molecule has 0 saturated heterocycles. The van der Waals surface area contributed by atoms with Crippen LogP contribution in [0.3, 0.4) is 0 Å². The predicted octanol–water partition coefficient (Wildman–Crippen LogP) is -0.591. The van der Waals surface area contributed by atoms with Crippen molar-refractivity contribution in [2.75, 3.05) is 13.2 Å². The van der Waals surface area contributed by atoms with Crippen molar-refractivity contribution in [1.82, 2.24) is 0 Å². The van der Waals surface area contributed by atoms with Crippen molar-refractivity contribution in [2.24, 2.45) is 5.73 Å². The average molecular weight is 161 g/mol. The molecular formula is C7H15NO3. The zero-order chi connectivity index (χ0) is 9.28. The first-order valence-electron chi connectivity index (χ1n) is 3.24. The maximum Gasteiger partial charge on any atom is 0.243 e. The number of hydrogen-bond acceptors (Lipinski definition) is 3. The Morgan fingerprint density at radius 3 is 1.82 bits per heavy atom. The SMILES string of the molecule is CC=C(C)C(N)=O.OCCO. The molecule has 0 aromatic heterocycles. The topological polar surface area (TPSA) is 83.6 Å². The molecule has 4 nitrogen and oxygen atoms in total. The summed E-state index contributed by atoms with van der Waals surface area (Å²) in [7, 11) is 0. The highest BCUT2D eigenvalue weighted by Crippen LogP contribution is 1.85. The van der Waals surface area contributed by atoms with Gasteiger partial charge in [0.05, 0.1) is 13.2 Å². The number of rotatable bonds is 2. The molecule has 66 valence electrons. The summed E-state index contributed by atoms with van der Waals surface area (Å²) in [6.07, 6.45) is 1.68. The van der Waals surface area contributed by atoms with Gasteiger partial charge in [0.25, 0.3) is 0 Å². The number of hydrogen-bond donors (Lipinski definition) is 3. The normalized spacial score (nSPS) is 10.0. The minimum absolute atomic E-state index is 0.125. The Balaban J connectivity index is 0. The van der Waals surface area contributed by atoms with Gasteiger partial charge < -0.3 is 15.9 Å². The van der Waals surface area contributed by atoms with Gasteiger partial charge in [-0.3, -0.25) is 4.79 Å². The maximum absolute atomic E-state index is 10.1. The highest BCUT2D eigenvalue weighted by atomic mass is 16.3. The van der Waals surface area contributed by atoms with E-state index in [1.54, 1.807) is 19.9 Å². The largest absolute Gasteiger partial charge is 0.394 e. The number of aliphatic hydroxyl groups is 2. The van der Waals surface area contributed by atoms with Crippen LogP contribution < -0.4 is 5.73 Å². The van der Waals surface area contributed by atoms with E-state index in [4.69, 9.17) is 15.9 Å². The molecule has 11 heavy (non-hydrogen) atoms. The van der Waals surface area contributed by atoms with E-state index in [9.17, 15) is 4.79 Å². The Kier molecular flexibility index (Phi) is 10.6. The molecule has 0 spiro atoms. The van der Waals surface area contributed by atoms with Crippen molar-refractivity contribution in [2.45, 2.75) is 13.8 Å². The number of primary amides is 1. The Hall–Kier alpha value is -0.870. The second kappa shape index (κ2) is 9.13. The monoisotopic (exact) mass is 161 g/mol. The van der Waals surface area contributed by atoms with Crippen molar-refractivity contribution in [1.29, 1.82) is 0 Å². The number of carbonyl (C=O) groups excluding carboxylic acids is 1. The van der Waals surface area contributed by atoms with Gasteiger partial charge in [-0.2, -0.15) is 0 Å². The number of nitrogens with two attached hydrogens (primary N) is 1. The van der Waals surface area contributed by atoms with Gasteiger partial charge in [-0.25, -0.2) is 0 Å². The average Bonchev–Trinajstić information content (AvgIpc) is 2.03. The molecule has 0 aliphatic heterocycles. The van der Waals surface area contributed by atoms with Crippen LogP contribution in [-0.2, 0) is 4.79 Å². The predicted molar refractivity (Wildman–Crippen MR) is 42.8 cm³/mol. The fourth-order valence-electron chi connectivity index (χ4n) is 0.142. The van der Waals surface area contributed by atoms with E-state index in [0.717, 1.165) is 0 Å². The van der Waals surface area contributed by atoms with E-state index in [0.29, 0.717) is 5.57 Å². The van der Waals surface area contributed by atoms with Crippen LogP contribution in [0.5, 0.6) is 0 Å². The first-order chi connectivity index (χ1) is 5.09. The Bertz CT molecular complexity index is 130. The first kappa shape index (κ1) is 12.8. The lowest BCUT2D eigenvalue weighted by molar-refractivity contribution is -0.114. The van der Waals surface area contributed by atoms with E-state index < -0.39 is 0 Å². The van der Waals surface area contributed by atoms with Crippen molar-refractivity contribution >= 4 is 5.91 Å². The standard InChI is InChI=1S/C5H9NO.C2H6O2/c1-3-4(2)5(6)7;3-1-2-4/h3H,1-2H3,(H2,6,7);3-4H,1-2H2. The Morgan fingerprint density at radius 1 is 1.45 bits per heavy atom. The second-order valence-corrected chi connectivity index (χ2v) is 1.78. The Morgan fingerprint density at radius 2 is 1.82 bits per heavy atom. The zero-order valence-electron chi connectivity index (χ0n) is 6.87. The molecule has 0 aromatic rings. The molecule has 0 bridgehead atoms. The molecule has 0 unspecified atom stereocenters. The minimum atomic E-state index is -0.345. The summed E-state index contributed by atoms with van der Waals surface area (Å²) < 4.78 is 0. The third-order valence-electron chi connectivity index (χ3n) is 0.922. The summed E-state index contributed by atoms with van der Waals surface area (Å²) in [6, 6.07) is 0. The molecule has 0 aliphatic rings. The zero-order valence-corrected chi connectivity index (χ0v) is 6.87. The fraction of sp³-hybridized carbons (Fsp3) is 0.571. The van der Waals surface area contributed by atoms with Crippen LogP contribution in [0.25, 0.3) is 0 Å². The smallest absolute Gasteiger partial charge is 0.243 e. The van der Waals surface area contributed by atoms with E-state index in [1.807, 2.05) is 0 Å². The van der Waals surface area contributed by atoms with Gasteiger partial charge >= 0.3 is 0 Å². The minimum Gasteiger partial charge on any atom is -0.394 e. The van der Waals surface area contributed by atoms with E-state index >= 15 is 0 Å². The molecule has 0 saturated carbocycles. The molecule has 1 amide bonds. The van der Waals surface area contributed by atoms with E-state index in [-0.39, 0.29) is 19.1 Å². The first-order valence-corrected chi connectivity index (χ1v) is 3.24. The van der Waals surface area contributed by atoms with Gasteiger partial charge in [0, 0.05) is 5.57 Å². The van der Waals surface area contributed by atoms with Gasteiger partial charge in [0.15, 0.2) is 0 Å². The lowest BCUT2D eigenvalue weighted by atomic mass is 10.3. The molecule has 0 radical (unpaired) electrons. The Labute approximate surface area is 66.3 Å². The van der Waals surface area contributed by atoms with Gasteiger partial charge in [-0.15, -0.1) is 0 Å². The van der Waals surface area contributed by atoms with Crippen molar-refractivity contribution in [3.05, 3.63) is 11.6 Å². The lowest BCUT2D eigenvalue weighted by Gasteiger charge is -1.85. The molecule has 0 aromatic carbocycles. The van der Waals surface area contributed by atoms with Crippen LogP contribution >= 0.6 is 0 Å².